The number of carbonyl (C=O) groups is 1. The minimum absolute atomic E-state index is 0.0933. The Bertz CT molecular complexity index is 870. The lowest BCUT2D eigenvalue weighted by Crippen LogP contribution is -2.65. The van der Waals surface area contributed by atoms with Crippen LogP contribution in [0.2, 0.25) is 0 Å². The lowest BCUT2D eigenvalue weighted by Gasteiger charge is -2.57. The minimum Gasteiger partial charge on any atom is -0.493 e. The number of hydrogen-bond donors (Lipinski definition) is 0. The highest BCUT2D eigenvalue weighted by Gasteiger charge is 2.65. The topological polar surface area (TPSA) is 38.8 Å². The second-order valence-corrected chi connectivity index (χ2v) is 8.36. The highest BCUT2D eigenvalue weighted by Crippen LogP contribution is 2.63. The van der Waals surface area contributed by atoms with Crippen molar-refractivity contribution in [3.63, 3.8) is 0 Å². The van der Waals surface area contributed by atoms with Crippen molar-refractivity contribution < 1.29 is 14.3 Å². The molecule has 1 saturated heterocycles. The molecule has 0 aromatic heterocycles. The average molecular weight is 376 g/mol. The second-order valence-electron chi connectivity index (χ2n) is 8.36. The number of benzene rings is 2. The molecule has 2 fully saturated rings. The van der Waals surface area contributed by atoms with Crippen molar-refractivity contribution in [2.75, 3.05) is 20.7 Å². The number of hydrogen-bond acceptors (Lipinski definition) is 4. The molecule has 2 aromatic carbocycles. The first kappa shape index (κ1) is 17.7. The number of likely N-dealkylation sites (N-methyl/N-ethyl adjacent to an activating group) is 1. The molecule has 1 radical (unpaired) electrons. The van der Waals surface area contributed by atoms with Crippen LogP contribution in [0.4, 0.5) is 0 Å². The van der Waals surface area contributed by atoms with E-state index < -0.39 is 0 Å². The molecule has 0 N–H and O–H groups in total. The van der Waals surface area contributed by atoms with Gasteiger partial charge < -0.3 is 14.4 Å². The third-order valence-corrected chi connectivity index (χ3v) is 7.20. The van der Waals surface area contributed by atoms with E-state index in [0.717, 1.165) is 37.3 Å². The Morgan fingerprint density at radius 3 is 2.75 bits per heavy atom. The monoisotopic (exact) mass is 376 g/mol. The first-order chi connectivity index (χ1) is 13.7. The summed E-state index contributed by atoms with van der Waals surface area (Å²) in [5, 5.41) is 0. The van der Waals surface area contributed by atoms with Crippen molar-refractivity contribution in [1.29, 1.82) is 0 Å². The van der Waals surface area contributed by atoms with Crippen molar-refractivity contribution in [2.45, 2.75) is 43.2 Å². The molecule has 0 amide bonds. The van der Waals surface area contributed by atoms with Crippen LogP contribution in [0, 0.1) is 12.0 Å². The maximum Gasteiger partial charge on any atom is 0.174 e. The molecule has 28 heavy (non-hydrogen) atoms. The summed E-state index contributed by atoms with van der Waals surface area (Å²) in [5.74, 6) is 2.46. The van der Waals surface area contributed by atoms with E-state index in [4.69, 9.17) is 9.47 Å². The smallest absolute Gasteiger partial charge is 0.174 e. The fourth-order valence-electron chi connectivity index (χ4n) is 6.01. The van der Waals surface area contributed by atoms with Crippen LogP contribution in [0.15, 0.2) is 42.5 Å². The highest BCUT2D eigenvalue weighted by molar-refractivity contribution is 5.89. The maximum atomic E-state index is 12.6. The van der Waals surface area contributed by atoms with E-state index in [1.54, 1.807) is 7.11 Å². The first-order valence-electron chi connectivity index (χ1n) is 10.2. The van der Waals surface area contributed by atoms with Crippen LogP contribution in [-0.2, 0) is 16.6 Å². The lowest BCUT2D eigenvalue weighted by molar-refractivity contribution is -0.138. The summed E-state index contributed by atoms with van der Waals surface area (Å²) in [7, 11) is 3.91. The predicted molar refractivity (Wildman–Crippen MR) is 107 cm³/mol. The van der Waals surface area contributed by atoms with E-state index in [1.165, 1.54) is 11.1 Å². The van der Waals surface area contributed by atoms with Crippen molar-refractivity contribution in [3.8, 4) is 11.5 Å². The van der Waals surface area contributed by atoms with E-state index in [9.17, 15) is 4.79 Å². The standard InChI is InChI=1S/C18H21NO3.C6H5/c1-19-8-7-18-11-4-5-13(20)17(18)22-16-14(21-2)6-3-10(15(16)18)9-12(11)19;1-2-4-6-5-3-1/h3,6,11-12,17H,4-5,7-9H2,1-2H3;1-5H/t11-,12+,17-,18-;/m0./s1. The number of ether oxygens (including phenoxy) is 2. The Kier molecular flexibility index (Phi) is 4.20. The highest BCUT2D eigenvalue weighted by atomic mass is 16.5. The van der Waals surface area contributed by atoms with Gasteiger partial charge in [0.1, 0.15) is 0 Å². The van der Waals surface area contributed by atoms with Gasteiger partial charge in [-0.05, 0) is 56.5 Å². The molecule has 2 aliphatic carbocycles. The van der Waals surface area contributed by atoms with Gasteiger partial charge in [-0.25, -0.2) is 0 Å². The zero-order valence-corrected chi connectivity index (χ0v) is 16.5. The second kappa shape index (κ2) is 6.63. The van der Waals surface area contributed by atoms with E-state index in [2.05, 4.69) is 24.1 Å². The molecule has 2 aliphatic heterocycles. The van der Waals surface area contributed by atoms with E-state index in [1.807, 2.05) is 36.4 Å². The molecule has 2 bridgehead atoms. The van der Waals surface area contributed by atoms with Gasteiger partial charge in [-0.1, -0.05) is 36.4 Å². The van der Waals surface area contributed by atoms with Crippen molar-refractivity contribution in [3.05, 3.63) is 59.7 Å². The van der Waals surface area contributed by atoms with Crippen LogP contribution in [0.5, 0.6) is 11.5 Å². The van der Waals surface area contributed by atoms with E-state index in [-0.39, 0.29) is 17.3 Å². The van der Waals surface area contributed by atoms with Crippen molar-refractivity contribution >= 4 is 5.78 Å². The third-order valence-electron chi connectivity index (χ3n) is 7.20. The molecule has 4 heteroatoms. The Balaban J connectivity index is 0.000000246. The van der Waals surface area contributed by atoms with Gasteiger partial charge in [-0.3, -0.25) is 4.79 Å². The number of carbonyl (C=O) groups excluding carboxylic acids is 1. The van der Waals surface area contributed by atoms with Gasteiger partial charge in [-0.2, -0.15) is 0 Å². The van der Waals surface area contributed by atoms with Crippen LogP contribution >= 0.6 is 0 Å². The quantitative estimate of drug-likeness (QED) is 0.765. The Morgan fingerprint density at radius 1 is 1.25 bits per heavy atom. The molecule has 1 saturated carbocycles. The molecule has 2 aromatic rings. The van der Waals surface area contributed by atoms with E-state index in [0.29, 0.717) is 18.4 Å². The van der Waals surface area contributed by atoms with Crippen LogP contribution in [0.1, 0.15) is 30.4 Å². The molecule has 4 atom stereocenters. The number of ketones is 1. The minimum atomic E-state index is -0.284. The molecule has 145 valence electrons. The molecular formula is C24H26NO3. The van der Waals surface area contributed by atoms with Gasteiger partial charge in [-0.15, -0.1) is 0 Å². The molecule has 2 heterocycles. The summed E-state index contributed by atoms with van der Waals surface area (Å²) in [6.45, 7) is 1.05. The van der Waals surface area contributed by atoms with Crippen LogP contribution < -0.4 is 9.47 Å². The fourth-order valence-corrected chi connectivity index (χ4v) is 6.01. The summed E-state index contributed by atoms with van der Waals surface area (Å²) >= 11 is 0. The molecule has 4 aliphatic rings. The Hall–Kier alpha value is -2.33. The van der Waals surface area contributed by atoms with E-state index >= 15 is 0 Å². The van der Waals surface area contributed by atoms with Gasteiger partial charge in [0, 0.05) is 23.4 Å². The zero-order valence-electron chi connectivity index (χ0n) is 16.5. The lowest BCUT2D eigenvalue weighted by atomic mass is 9.52. The summed E-state index contributed by atoms with van der Waals surface area (Å²) < 4.78 is 11.8. The number of piperidine rings is 1. The van der Waals surface area contributed by atoms with Gasteiger partial charge in [0.05, 0.1) is 7.11 Å². The van der Waals surface area contributed by atoms with Gasteiger partial charge >= 0.3 is 0 Å². The third kappa shape index (κ3) is 2.37. The summed E-state index contributed by atoms with van der Waals surface area (Å²) in [4.78, 5) is 15.1. The van der Waals surface area contributed by atoms with Crippen molar-refractivity contribution in [1.82, 2.24) is 4.90 Å². The van der Waals surface area contributed by atoms with Crippen LogP contribution in [-0.4, -0.2) is 43.5 Å². The maximum absolute atomic E-state index is 12.6. The van der Waals surface area contributed by atoms with Gasteiger partial charge in [0.15, 0.2) is 23.4 Å². The number of methoxy groups -OCH3 is 1. The largest absolute Gasteiger partial charge is 0.493 e. The first-order valence-corrected chi connectivity index (χ1v) is 10.2. The predicted octanol–water partition coefficient (Wildman–Crippen LogP) is 3.42. The number of rotatable bonds is 1. The normalized spacial score (nSPS) is 31.9. The van der Waals surface area contributed by atoms with Gasteiger partial charge in [0.2, 0.25) is 0 Å². The molecular weight excluding hydrogens is 350 g/mol. The fraction of sp³-hybridized carbons (Fsp3) is 0.458. The summed E-state index contributed by atoms with van der Waals surface area (Å²) in [6, 6.07) is 17.2. The van der Waals surface area contributed by atoms with Crippen LogP contribution in [0.25, 0.3) is 0 Å². The average Bonchev–Trinajstić information content (AvgIpc) is 3.09. The molecule has 6 rings (SSSR count). The zero-order chi connectivity index (χ0) is 19.3. The summed E-state index contributed by atoms with van der Waals surface area (Å²) in [5.41, 5.74) is 2.57. The van der Waals surface area contributed by atoms with Gasteiger partial charge in [0.25, 0.3) is 0 Å². The number of likely N-dealkylation sites (tertiary alicyclic amines) is 1. The van der Waals surface area contributed by atoms with Crippen molar-refractivity contribution in [2.24, 2.45) is 5.92 Å². The summed E-state index contributed by atoms with van der Waals surface area (Å²) in [6.07, 6.45) is 3.47. The molecule has 0 unspecified atom stereocenters. The SMILES string of the molecule is COc1ccc2c3c1O[C@H]1C(=O)CC[C@H]4[C@@H](C2)N(C)CC[C@]314.[c]1ccccc1. The Labute approximate surface area is 166 Å². The Morgan fingerprint density at radius 2 is 2.07 bits per heavy atom. The molecule has 1 spiro atoms. The van der Waals surface area contributed by atoms with Crippen LogP contribution in [0.3, 0.4) is 0 Å². The number of nitrogens with zero attached hydrogens (tertiary/aromatic N) is 1. The number of Topliss-reactive ketones (excluding diaryl/α,β-unsaturated/α-hetero) is 1. The molecule has 4 nitrogen and oxygen atoms in total.